The number of halogens is 2. The van der Waals surface area contributed by atoms with Crippen LogP contribution in [0.3, 0.4) is 0 Å². The number of likely N-dealkylation sites (N-methyl/N-ethyl adjacent to an activating group) is 1. The maximum absolute atomic E-state index is 13.5. The van der Waals surface area contributed by atoms with E-state index in [1.165, 1.54) is 17.0 Å². The molecule has 0 aliphatic rings. The van der Waals surface area contributed by atoms with E-state index in [-0.39, 0.29) is 16.5 Å². The largest absolute Gasteiger partial charge is 0.344 e. The molecule has 19 heavy (non-hydrogen) atoms. The Balaban J connectivity index is 2.80. The first kappa shape index (κ1) is 15.4. The van der Waals surface area contributed by atoms with Crippen LogP contribution in [0.5, 0.6) is 0 Å². The van der Waals surface area contributed by atoms with Gasteiger partial charge >= 0.3 is 0 Å². The van der Waals surface area contributed by atoms with Crippen LogP contribution >= 0.6 is 11.6 Å². The molecule has 1 atom stereocenters. The average molecular weight is 287 g/mol. The van der Waals surface area contributed by atoms with E-state index in [2.05, 4.69) is 5.32 Å². The van der Waals surface area contributed by atoms with Crippen LogP contribution in [0.15, 0.2) is 18.2 Å². The van der Waals surface area contributed by atoms with Gasteiger partial charge in [-0.1, -0.05) is 11.6 Å². The monoisotopic (exact) mass is 286 g/mol. The zero-order chi connectivity index (χ0) is 14.6. The fourth-order valence-corrected chi connectivity index (χ4v) is 1.67. The summed E-state index contributed by atoms with van der Waals surface area (Å²) in [5, 5.41) is 2.71. The van der Waals surface area contributed by atoms with Crippen LogP contribution in [-0.2, 0) is 4.79 Å². The summed E-state index contributed by atoms with van der Waals surface area (Å²) in [5.74, 6) is -1.57. The van der Waals surface area contributed by atoms with Crippen LogP contribution in [-0.4, -0.2) is 36.3 Å². The molecule has 0 aliphatic carbocycles. The average Bonchev–Trinajstić information content (AvgIpc) is 2.39. The molecule has 1 aromatic rings. The quantitative estimate of drug-likeness (QED) is 0.921. The number of hydrogen-bond donors (Lipinski definition) is 1. The first-order valence-electron chi connectivity index (χ1n) is 5.87. The maximum Gasteiger partial charge on any atom is 0.254 e. The van der Waals surface area contributed by atoms with Gasteiger partial charge in [-0.05, 0) is 32.0 Å². The fraction of sp³-hybridized carbons (Fsp3) is 0.385. The minimum absolute atomic E-state index is 0.175. The van der Waals surface area contributed by atoms with Crippen LogP contribution < -0.4 is 5.32 Å². The molecule has 0 saturated heterocycles. The lowest BCUT2D eigenvalue weighted by Gasteiger charge is -2.20. The lowest BCUT2D eigenvalue weighted by molar-refractivity contribution is -0.131. The molecule has 1 rings (SSSR count). The summed E-state index contributed by atoms with van der Waals surface area (Å²) in [6.45, 7) is 3.91. The lowest BCUT2D eigenvalue weighted by atomic mass is 10.2. The molecule has 0 aromatic heterocycles. The molecule has 0 spiro atoms. The van der Waals surface area contributed by atoms with Crippen molar-refractivity contribution in [2.45, 2.75) is 19.9 Å². The van der Waals surface area contributed by atoms with E-state index >= 15 is 0 Å². The standard InChI is InChI=1S/C13H16ClFN2O2/c1-4-17(3)13(19)8(2)16-12(18)10-7-9(14)5-6-11(10)15/h5-8H,4H2,1-3H3,(H,16,18). The second-order valence-corrected chi connectivity index (χ2v) is 4.61. The molecule has 0 heterocycles. The highest BCUT2D eigenvalue weighted by atomic mass is 35.5. The Morgan fingerprint density at radius 3 is 2.68 bits per heavy atom. The fourth-order valence-electron chi connectivity index (χ4n) is 1.49. The first-order valence-corrected chi connectivity index (χ1v) is 6.25. The molecular formula is C13H16ClFN2O2. The zero-order valence-corrected chi connectivity index (χ0v) is 11.8. The van der Waals surface area contributed by atoms with Crippen LogP contribution in [0.4, 0.5) is 4.39 Å². The summed E-state index contributed by atoms with van der Waals surface area (Å²) in [5.41, 5.74) is -0.175. The smallest absolute Gasteiger partial charge is 0.254 e. The Bertz CT molecular complexity index is 494. The number of carbonyl (C=O) groups is 2. The molecule has 0 aliphatic heterocycles. The number of amides is 2. The number of nitrogens with zero attached hydrogens (tertiary/aromatic N) is 1. The molecule has 0 saturated carbocycles. The van der Waals surface area contributed by atoms with Gasteiger partial charge in [-0.15, -0.1) is 0 Å². The maximum atomic E-state index is 13.5. The number of nitrogens with one attached hydrogen (secondary N) is 1. The van der Waals surface area contributed by atoms with Gasteiger partial charge in [0, 0.05) is 18.6 Å². The highest BCUT2D eigenvalue weighted by Crippen LogP contribution is 2.14. The van der Waals surface area contributed by atoms with Crippen molar-refractivity contribution in [3.8, 4) is 0 Å². The summed E-state index contributed by atoms with van der Waals surface area (Å²) in [6.07, 6.45) is 0. The summed E-state index contributed by atoms with van der Waals surface area (Å²) < 4.78 is 13.5. The molecule has 4 nitrogen and oxygen atoms in total. The third kappa shape index (κ3) is 3.92. The third-order valence-corrected chi connectivity index (χ3v) is 2.98. The van der Waals surface area contributed by atoms with Gasteiger partial charge in [0.25, 0.3) is 5.91 Å². The van der Waals surface area contributed by atoms with Crippen LogP contribution in [0.2, 0.25) is 5.02 Å². The van der Waals surface area contributed by atoms with E-state index in [0.29, 0.717) is 6.54 Å². The highest BCUT2D eigenvalue weighted by Gasteiger charge is 2.20. The van der Waals surface area contributed by atoms with Gasteiger partial charge in [-0.2, -0.15) is 0 Å². The first-order chi connectivity index (χ1) is 8.86. The summed E-state index contributed by atoms with van der Waals surface area (Å²) >= 11 is 5.71. The lowest BCUT2D eigenvalue weighted by Crippen LogP contribution is -2.45. The Hall–Kier alpha value is -1.62. The van der Waals surface area contributed by atoms with Crippen molar-refractivity contribution in [2.75, 3.05) is 13.6 Å². The molecule has 0 radical (unpaired) electrons. The molecule has 2 amide bonds. The van der Waals surface area contributed by atoms with E-state index in [1.54, 1.807) is 14.0 Å². The van der Waals surface area contributed by atoms with Crippen molar-refractivity contribution >= 4 is 23.4 Å². The van der Waals surface area contributed by atoms with Crippen molar-refractivity contribution in [3.63, 3.8) is 0 Å². The molecule has 6 heteroatoms. The van der Waals surface area contributed by atoms with Gasteiger partial charge in [0.2, 0.25) is 5.91 Å². The van der Waals surface area contributed by atoms with E-state index in [9.17, 15) is 14.0 Å². The van der Waals surface area contributed by atoms with Crippen LogP contribution in [0, 0.1) is 5.82 Å². The molecule has 104 valence electrons. The van der Waals surface area contributed by atoms with Crippen LogP contribution in [0.25, 0.3) is 0 Å². The van der Waals surface area contributed by atoms with E-state index in [1.807, 2.05) is 6.92 Å². The van der Waals surface area contributed by atoms with E-state index in [0.717, 1.165) is 6.07 Å². The van der Waals surface area contributed by atoms with Gasteiger partial charge < -0.3 is 10.2 Å². The van der Waals surface area contributed by atoms with E-state index < -0.39 is 17.8 Å². The van der Waals surface area contributed by atoms with Gasteiger partial charge in [-0.3, -0.25) is 9.59 Å². The van der Waals surface area contributed by atoms with Crippen LogP contribution in [0.1, 0.15) is 24.2 Å². The highest BCUT2D eigenvalue weighted by molar-refractivity contribution is 6.31. The topological polar surface area (TPSA) is 49.4 Å². The second kappa shape index (κ2) is 6.52. The molecule has 0 bridgehead atoms. The Morgan fingerprint density at radius 1 is 1.47 bits per heavy atom. The van der Waals surface area contributed by atoms with Gasteiger partial charge in [0.15, 0.2) is 0 Å². The Kier molecular flexibility index (Phi) is 5.30. The van der Waals surface area contributed by atoms with E-state index in [4.69, 9.17) is 11.6 Å². The molecular weight excluding hydrogens is 271 g/mol. The molecule has 1 N–H and O–H groups in total. The predicted molar refractivity (Wildman–Crippen MR) is 71.6 cm³/mol. The van der Waals surface area contributed by atoms with Gasteiger partial charge in [0.1, 0.15) is 11.9 Å². The van der Waals surface area contributed by atoms with Crippen molar-refractivity contribution in [1.82, 2.24) is 10.2 Å². The Morgan fingerprint density at radius 2 is 2.11 bits per heavy atom. The summed E-state index contributed by atoms with van der Waals surface area (Å²) in [6, 6.07) is 2.97. The molecule has 1 unspecified atom stereocenters. The zero-order valence-electron chi connectivity index (χ0n) is 11.0. The van der Waals surface area contributed by atoms with Crippen molar-refractivity contribution in [2.24, 2.45) is 0 Å². The number of carbonyl (C=O) groups excluding carboxylic acids is 2. The SMILES string of the molecule is CCN(C)C(=O)C(C)NC(=O)c1cc(Cl)ccc1F. The second-order valence-electron chi connectivity index (χ2n) is 4.17. The van der Waals surface area contributed by atoms with Gasteiger partial charge in [0.05, 0.1) is 5.56 Å². The predicted octanol–water partition coefficient (Wildman–Crippen LogP) is 2.08. The van der Waals surface area contributed by atoms with Gasteiger partial charge in [-0.25, -0.2) is 4.39 Å². The summed E-state index contributed by atoms with van der Waals surface area (Å²) in [4.78, 5) is 25.1. The Labute approximate surface area is 116 Å². The third-order valence-electron chi connectivity index (χ3n) is 2.74. The number of benzene rings is 1. The molecule has 0 fully saturated rings. The number of rotatable bonds is 4. The van der Waals surface area contributed by atoms with Crippen molar-refractivity contribution < 1.29 is 14.0 Å². The normalized spacial score (nSPS) is 11.8. The van der Waals surface area contributed by atoms with Crippen molar-refractivity contribution in [1.29, 1.82) is 0 Å². The molecule has 1 aromatic carbocycles. The minimum Gasteiger partial charge on any atom is -0.344 e. The van der Waals surface area contributed by atoms with Crippen molar-refractivity contribution in [3.05, 3.63) is 34.6 Å². The summed E-state index contributed by atoms with van der Waals surface area (Å²) in [7, 11) is 1.63. The minimum atomic E-state index is -0.726. The number of hydrogen-bond acceptors (Lipinski definition) is 2.